The van der Waals surface area contributed by atoms with Gasteiger partial charge in [-0.2, -0.15) is 8.42 Å². The minimum Gasteiger partial charge on any atom is -0.396 e. The van der Waals surface area contributed by atoms with Gasteiger partial charge in [0.15, 0.2) is 4.70 Å². The molecule has 0 saturated heterocycles. The number of aliphatic hydroxyl groups excluding tert-OH is 1. The van der Waals surface area contributed by atoms with Crippen LogP contribution in [-0.2, 0) is 26.7 Å². The Balaban J connectivity index is 2.67. The van der Waals surface area contributed by atoms with Gasteiger partial charge < -0.3 is 5.11 Å². The van der Waals surface area contributed by atoms with Gasteiger partial charge in [-0.05, 0) is 31.4 Å². The molecule has 0 bridgehead atoms. The predicted molar refractivity (Wildman–Crippen MR) is 71.9 cm³/mol. The number of aliphatic hydroxyl groups is 1. The SMILES string of the molecule is O=S(=O)=CS(=O)(=O)Nc1ccc(CCCCO)s1. The Labute approximate surface area is 111 Å². The second kappa shape index (κ2) is 6.88. The van der Waals surface area contributed by atoms with Crippen molar-refractivity contribution >= 4 is 41.4 Å². The van der Waals surface area contributed by atoms with Crippen LogP contribution in [-0.4, -0.2) is 33.2 Å². The minimum atomic E-state index is -3.96. The van der Waals surface area contributed by atoms with Crippen LogP contribution in [0.15, 0.2) is 12.1 Å². The van der Waals surface area contributed by atoms with Crippen LogP contribution in [0.1, 0.15) is 17.7 Å². The van der Waals surface area contributed by atoms with Crippen molar-refractivity contribution in [3.8, 4) is 0 Å². The van der Waals surface area contributed by atoms with Gasteiger partial charge in [0.2, 0.25) is 10.3 Å². The highest BCUT2D eigenvalue weighted by atomic mass is 32.2. The fraction of sp³-hybridized carbons (Fsp3) is 0.444. The van der Waals surface area contributed by atoms with Crippen molar-refractivity contribution in [1.82, 2.24) is 0 Å². The highest BCUT2D eigenvalue weighted by Crippen LogP contribution is 2.24. The number of anilines is 1. The summed E-state index contributed by atoms with van der Waals surface area (Å²) in [5.74, 6) is 0. The molecule has 0 unspecified atom stereocenters. The third-order valence-electron chi connectivity index (χ3n) is 1.94. The van der Waals surface area contributed by atoms with Gasteiger partial charge >= 0.3 is 0 Å². The maximum absolute atomic E-state index is 11.3. The van der Waals surface area contributed by atoms with Crippen molar-refractivity contribution in [3.05, 3.63) is 17.0 Å². The quantitative estimate of drug-likeness (QED) is 0.562. The number of unbranched alkanes of at least 4 members (excludes halogenated alkanes) is 1. The summed E-state index contributed by atoms with van der Waals surface area (Å²) in [5, 5.41) is 9.01. The fourth-order valence-corrected chi connectivity index (χ4v) is 3.93. The summed E-state index contributed by atoms with van der Waals surface area (Å²) in [6.07, 6.45) is 2.27. The maximum Gasteiger partial charge on any atom is 0.270 e. The van der Waals surface area contributed by atoms with Crippen LogP contribution in [0.25, 0.3) is 0 Å². The van der Waals surface area contributed by atoms with Crippen molar-refractivity contribution in [2.45, 2.75) is 19.3 Å². The van der Waals surface area contributed by atoms with Crippen LogP contribution >= 0.6 is 11.3 Å². The Morgan fingerprint density at radius 3 is 2.67 bits per heavy atom. The second-order valence-electron chi connectivity index (χ2n) is 3.45. The Morgan fingerprint density at radius 2 is 2.06 bits per heavy atom. The van der Waals surface area contributed by atoms with Gasteiger partial charge in [0.1, 0.15) is 5.00 Å². The molecule has 2 N–H and O–H groups in total. The molecular formula is C9H13NO5S3. The van der Waals surface area contributed by atoms with Gasteiger partial charge in [-0.1, -0.05) is 0 Å². The van der Waals surface area contributed by atoms with E-state index in [1.807, 2.05) is 0 Å². The first-order valence-corrected chi connectivity index (χ1v) is 8.58. The summed E-state index contributed by atoms with van der Waals surface area (Å²) < 4.78 is 45.5. The van der Waals surface area contributed by atoms with Gasteiger partial charge in [-0.15, -0.1) is 11.3 Å². The molecule has 0 saturated carbocycles. The van der Waals surface area contributed by atoms with Crippen molar-refractivity contribution in [2.24, 2.45) is 0 Å². The van der Waals surface area contributed by atoms with Gasteiger partial charge in [-0.3, -0.25) is 4.72 Å². The Morgan fingerprint density at radius 1 is 1.33 bits per heavy atom. The lowest BCUT2D eigenvalue weighted by molar-refractivity contribution is 0.285. The third kappa shape index (κ3) is 5.63. The molecular weight excluding hydrogens is 298 g/mol. The predicted octanol–water partition coefficient (Wildman–Crippen LogP) is 0.444. The van der Waals surface area contributed by atoms with E-state index in [1.54, 1.807) is 12.1 Å². The average Bonchev–Trinajstić information content (AvgIpc) is 2.63. The molecule has 9 heteroatoms. The number of thiophene rings is 1. The zero-order valence-electron chi connectivity index (χ0n) is 9.37. The molecule has 0 aliphatic heterocycles. The molecule has 102 valence electrons. The normalized spacial score (nSPS) is 11.2. The highest BCUT2D eigenvalue weighted by molar-refractivity contribution is 8.14. The van der Waals surface area contributed by atoms with Crippen molar-refractivity contribution in [3.63, 3.8) is 0 Å². The zero-order chi connectivity index (χ0) is 13.6. The van der Waals surface area contributed by atoms with Crippen LogP contribution < -0.4 is 4.72 Å². The highest BCUT2D eigenvalue weighted by Gasteiger charge is 2.09. The molecule has 0 aromatic carbocycles. The van der Waals surface area contributed by atoms with E-state index >= 15 is 0 Å². The maximum atomic E-state index is 11.3. The topological polar surface area (TPSA) is 101 Å². The standard InChI is InChI=1S/C9H13NO5S3/c11-6-2-1-3-8-4-5-9(16-8)10-18(14,15)7-17(12)13/h4-5,7,10-11H,1-3,6H2. The van der Waals surface area contributed by atoms with E-state index in [9.17, 15) is 16.8 Å². The van der Waals surface area contributed by atoms with Crippen molar-refractivity contribution in [2.75, 3.05) is 11.3 Å². The van der Waals surface area contributed by atoms with Crippen LogP contribution in [0.3, 0.4) is 0 Å². The molecule has 1 aromatic rings. The number of nitrogens with one attached hydrogen (secondary N) is 1. The molecule has 0 amide bonds. The lowest BCUT2D eigenvalue weighted by atomic mass is 10.2. The summed E-state index contributed by atoms with van der Waals surface area (Å²) in [4.78, 5) is 0.976. The average molecular weight is 311 g/mol. The molecule has 0 spiro atoms. The van der Waals surface area contributed by atoms with Gasteiger partial charge in [-0.25, -0.2) is 8.42 Å². The zero-order valence-corrected chi connectivity index (χ0v) is 11.8. The summed E-state index contributed by atoms with van der Waals surface area (Å²) in [6, 6.07) is 3.35. The first-order chi connectivity index (χ1) is 8.43. The first kappa shape index (κ1) is 15.2. The number of aryl methyl sites for hydroxylation is 1. The molecule has 0 aliphatic rings. The van der Waals surface area contributed by atoms with E-state index in [0.29, 0.717) is 11.4 Å². The van der Waals surface area contributed by atoms with Crippen molar-refractivity contribution in [1.29, 1.82) is 0 Å². The molecule has 18 heavy (non-hydrogen) atoms. The number of rotatable bonds is 7. The van der Waals surface area contributed by atoms with E-state index in [0.717, 1.165) is 17.7 Å². The smallest absolute Gasteiger partial charge is 0.270 e. The minimum absolute atomic E-state index is 0.134. The van der Waals surface area contributed by atoms with Crippen LogP contribution in [0.4, 0.5) is 5.00 Å². The number of hydrogen-bond acceptors (Lipinski definition) is 6. The van der Waals surface area contributed by atoms with E-state index in [4.69, 9.17) is 5.11 Å². The molecule has 0 radical (unpaired) electrons. The monoisotopic (exact) mass is 311 g/mol. The van der Waals surface area contributed by atoms with E-state index in [-0.39, 0.29) is 11.3 Å². The molecule has 0 aliphatic carbocycles. The number of hydrogen-bond donors (Lipinski definition) is 2. The molecule has 6 nitrogen and oxygen atoms in total. The molecule has 0 atom stereocenters. The van der Waals surface area contributed by atoms with Gasteiger partial charge in [0.25, 0.3) is 10.0 Å². The van der Waals surface area contributed by atoms with Crippen LogP contribution in [0, 0.1) is 0 Å². The first-order valence-electron chi connectivity index (χ1n) is 5.08. The lowest BCUT2D eigenvalue weighted by Gasteiger charge is -1.98. The van der Waals surface area contributed by atoms with E-state index in [2.05, 4.69) is 4.72 Å². The van der Waals surface area contributed by atoms with Crippen LogP contribution in [0.5, 0.6) is 0 Å². The van der Waals surface area contributed by atoms with Crippen LogP contribution in [0.2, 0.25) is 0 Å². The Hall–Kier alpha value is -0.900. The molecule has 1 rings (SSSR count). The Kier molecular flexibility index (Phi) is 5.79. The third-order valence-corrected chi connectivity index (χ3v) is 5.28. The number of sulfonamides is 1. The van der Waals surface area contributed by atoms with E-state index in [1.165, 1.54) is 11.3 Å². The summed E-state index contributed by atoms with van der Waals surface area (Å²) >= 11 is 1.24. The van der Waals surface area contributed by atoms with E-state index < -0.39 is 20.3 Å². The summed E-state index contributed by atoms with van der Waals surface area (Å²) in [5.41, 5.74) is 0. The van der Waals surface area contributed by atoms with Gasteiger partial charge in [0, 0.05) is 11.5 Å². The second-order valence-corrected chi connectivity index (χ2v) is 7.20. The van der Waals surface area contributed by atoms with Gasteiger partial charge in [0.05, 0.1) is 0 Å². The molecule has 0 fully saturated rings. The molecule has 1 aromatic heterocycles. The van der Waals surface area contributed by atoms with Crippen molar-refractivity contribution < 1.29 is 21.9 Å². The fourth-order valence-electron chi connectivity index (χ4n) is 1.25. The largest absolute Gasteiger partial charge is 0.396 e. The molecule has 1 heterocycles. The summed E-state index contributed by atoms with van der Waals surface area (Å²) in [6.45, 7) is 0.134. The summed E-state index contributed by atoms with van der Waals surface area (Å²) in [7, 11) is -6.72. The Bertz CT molecular complexity index is 606. The lowest BCUT2D eigenvalue weighted by Crippen LogP contribution is -2.12.